The van der Waals surface area contributed by atoms with Crippen LogP contribution in [0.5, 0.6) is 0 Å². The summed E-state index contributed by atoms with van der Waals surface area (Å²) < 4.78 is 2.06. The molecule has 2 heterocycles. The Hall–Kier alpha value is -1.02. The molecule has 0 spiro atoms. The fourth-order valence-electron chi connectivity index (χ4n) is 1.27. The van der Waals surface area contributed by atoms with Crippen molar-refractivity contribution < 1.29 is 0 Å². The first-order chi connectivity index (χ1) is 5.92. The number of aryl methyl sites for hydroxylation is 1. The number of pyridine rings is 1. The minimum atomic E-state index is 0.642. The first-order valence-corrected chi connectivity index (χ1v) is 4.42. The van der Waals surface area contributed by atoms with Gasteiger partial charge in [-0.05, 0) is 12.1 Å². The van der Waals surface area contributed by atoms with E-state index in [4.69, 9.17) is 11.6 Å². The summed E-state index contributed by atoms with van der Waals surface area (Å²) >= 11 is 5.65. The third kappa shape index (κ3) is 1.18. The molecule has 0 saturated carbocycles. The Morgan fingerprint density at radius 1 is 1.42 bits per heavy atom. The molecule has 2 aromatic heterocycles. The van der Waals surface area contributed by atoms with Crippen LogP contribution in [0.25, 0.3) is 5.65 Å². The highest BCUT2D eigenvalue weighted by atomic mass is 35.5. The smallest absolute Gasteiger partial charge is 0.136 e. The molecule has 0 amide bonds. The van der Waals surface area contributed by atoms with Gasteiger partial charge in [-0.2, -0.15) is 0 Å². The van der Waals surface area contributed by atoms with Crippen LogP contribution in [-0.4, -0.2) is 15.3 Å². The zero-order valence-electron chi connectivity index (χ0n) is 6.57. The number of halogens is 1. The Kier molecular flexibility index (Phi) is 2.00. The van der Waals surface area contributed by atoms with Crippen molar-refractivity contribution in [2.24, 2.45) is 0 Å². The molecule has 2 nitrogen and oxygen atoms in total. The molecular formula is C9H9ClN2. The number of hydrogen-bond donors (Lipinski definition) is 0. The van der Waals surface area contributed by atoms with Crippen LogP contribution in [-0.2, 0) is 6.42 Å². The summed E-state index contributed by atoms with van der Waals surface area (Å²) in [7, 11) is 0. The predicted molar refractivity (Wildman–Crippen MR) is 49.6 cm³/mol. The van der Waals surface area contributed by atoms with Gasteiger partial charge in [0.05, 0.1) is 0 Å². The fraction of sp³-hybridized carbons (Fsp3) is 0.222. The lowest BCUT2D eigenvalue weighted by Gasteiger charge is -1.96. The summed E-state index contributed by atoms with van der Waals surface area (Å²) in [6, 6.07) is 5.96. The molecule has 0 aliphatic heterocycles. The van der Waals surface area contributed by atoms with Gasteiger partial charge in [-0.25, -0.2) is 4.98 Å². The highest BCUT2D eigenvalue weighted by Crippen LogP contribution is 2.06. The van der Waals surface area contributed by atoms with E-state index < -0.39 is 0 Å². The van der Waals surface area contributed by atoms with Crippen LogP contribution in [0.4, 0.5) is 0 Å². The van der Waals surface area contributed by atoms with E-state index in [2.05, 4.69) is 9.38 Å². The summed E-state index contributed by atoms with van der Waals surface area (Å²) in [5.41, 5.74) is 2.15. The van der Waals surface area contributed by atoms with Crippen LogP contribution in [0.2, 0.25) is 0 Å². The second-order valence-electron chi connectivity index (χ2n) is 2.62. The Morgan fingerprint density at radius 2 is 2.33 bits per heavy atom. The van der Waals surface area contributed by atoms with Crippen LogP contribution in [0.3, 0.4) is 0 Å². The second kappa shape index (κ2) is 3.15. The lowest BCUT2D eigenvalue weighted by molar-refractivity contribution is 1.00. The van der Waals surface area contributed by atoms with Crippen LogP contribution >= 0.6 is 11.6 Å². The van der Waals surface area contributed by atoms with E-state index in [1.165, 1.54) is 5.69 Å². The van der Waals surface area contributed by atoms with Crippen molar-refractivity contribution in [1.29, 1.82) is 0 Å². The van der Waals surface area contributed by atoms with Gasteiger partial charge in [-0.1, -0.05) is 6.07 Å². The van der Waals surface area contributed by atoms with Crippen LogP contribution in [0.15, 0.2) is 30.6 Å². The maximum Gasteiger partial charge on any atom is 0.136 e. The number of alkyl halides is 1. The first-order valence-electron chi connectivity index (χ1n) is 3.89. The molecule has 0 unspecified atom stereocenters. The summed E-state index contributed by atoms with van der Waals surface area (Å²) in [4.78, 5) is 4.24. The molecule has 0 aromatic carbocycles. The van der Waals surface area contributed by atoms with Crippen molar-refractivity contribution in [3.05, 3.63) is 36.3 Å². The standard InChI is InChI=1S/C9H9ClN2/c10-5-4-8-7-11-9-3-1-2-6-12(8)9/h1-3,6-7H,4-5H2. The summed E-state index contributed by atoms with van der Waals surface area (Å²) in [5.74, 6) is 0.642. The fourth-order valence-corrected chi connectivity index (χ4v) is 1.46. The van der Waals surface area contributed by atoms with Crippen LogP contribution < -0.4 is 0 Å². The zero-order chi connectivity index (χ0) is 8.39. The maximum absolute atomic E-state index is 5.65. The van der Waals surface area contributed by atoms with Gasteiger partial charge in [0, 0.05) is 30.4 Å². The van der Waals surface area contributed by atoms with Crippen LogP contribution in [0.1, 0.15) is 5.69 Å². The molecule has 0 fully saturated rings. The van der Waals surface area contributed by atoms with E-state index in [-0.39, 0.29) is 0 Å². The van der Waals surface area contributed by atoms with Gasteiger partial charge in [0.2, 0.25) is 0 Å². The molecule has 2 rings (SSSR count). The molecule has 12 heavy (non-hydrogen) atoms. The van der Waals surface area contributed by atoms with E-state index in [9.17, 15) is 0 Å². The first kappa shape index (κ1) is 7.62. The molecule has 0 saturated heterocycles. The molecule has 0 bridgehead atoms. The highest BCUT2D eigenvalue weighted by molar-refractivity contribution is 6.17. The number of rotatable bonds is 2. The molecule has 0 atom stereocenters. The third-order valence-corrected chi connectivity index (χ3v) is 2.03. The van der Waals surface area contributed by atoms with E-state index in [1.54, 1.807) is 0 Å². The minimum Gasteiger partial charge on any atom is -0.304 e. The van der Waals surface area contributed by atoms with Crippen molar-refractivity contribution in [2.75, 3.05) is 5.88 Å². The van der Waals surface area contributed by atoms with Gasteiger partial charge >= 0.3 is 0 Å². The molecule has 0 N–H and O–H groups in total. The van der Waals surface area contributed by atoms with E-state index >= 15 is 0 Å². The Balaban J connectivity index is 2.55. The summed E-state index contributed by atoms with van der Waals surface area (Å²) in [6.45, 7) is 0. The van der Waals surface area contributed by atoms with E-state index in [0.29, 0.717) is 5.88 Å². The number of fused-ring (bicyclic) bond motifs is 1. The molecular weight excluding hydrogens is 172 g/mol. The maximum atomic E-state index is 5.65. The zero-order valence-corrected chi connectivity index (χ0v) is 7.33. The van der Waals surface area contributed by atoms with Crippen molar-refractivity contribution in [3.63, 3.8) is 0 Å². The Bertz CT molecular complexity index is 381. The average Bonchev–Trinajstić information content (AvgIpc) is 2.50. The van der Waals surface area contributed by atoms with Gasteiger partial charge < -0.3 is 4.40 Å². The molecule has 0 radical (unpaired) electrons. The number of imidazole rings is 1. The Labute approximate surface area is 75.8 Å². The van der Waals surface area contributed by atoms with Crippen molar-refractivity contribution in [1.82, 2.24) is 9.38 Å². The van der Waals surface area contributed by atoms with E-state index in [0.717, 1.165) is 12.1 Å². The molecule has 2 aromatic rings. The van der Waals surface area contributed by atoms with Gasteiger partial charge in [0.25, 0.3) is 0 Å². The van der Waals surface area contributed by atoms with Gasteiger partial charge in [-0.15, -0.1) is 11.6 Å². The number of nitrogens with zero attached hydrogens (tertiary/aromatic N) is 2. The lowest BCUT2D eigenvalue weighted by Crippen LogP contribution is -1.92. The normalized spacial score (nSPS) is 10.8. The highest BCUT2D eigenvalue weighted by Gasteiger charge is 1.99. The van der Waals surface area contributed by atoms with Crippen molar-refractivity contribution >= 4 is 17.2 Å². The summed E-state index contributed by atoms with van der Waals surface area (Å²) in [6.07, 6.45) is 4.74. The average molecular weight is 181 g/mol. The number of aromatic nitrogens is 2. The lowest BCUT2D eigenvalue weighted by atomic mass is 10.3. The third-order valence-electron chi connectivity index (χ3n) is 1.84. The second-order valence-corrected chi connectivity index (χ2v) is 3.00. The number of hydrogen-bond acceptors (Lipinski definition) is 1. The largest absolute Gasteiger partial charge is 0.304 e. The molecule has 62 valence electrons. The monoisotopic (exact) mass is 180 g/mol. The molecule has 3 heteroatoms. The van der Waals surface area contributed by atoms with Crippen molar-refractivity contribution in [2.45, 2.75) is 6.42 Å². The quantitative estimate of drug-likeness (QED) is 0.648. The topological polar surface area (TPSA) is 17.3 Å². The predicted octanol–water partition coefficient (Wildman–Crippen LogP) is 2.12. The van der Waals surface area contributed by atoms with E-state index in [1.807, 2.05) is 30.6 Å². The minimum absolute atomic E-state index is 0.642. The molecule has 0 aliphatic carbocycles. The van der Waals surface area contributed by atoms with Gasteiger partial charge in [-0.3, -0.25) is 0 Å². The van der Waals surface area contributed by atoms with Crippen LogP contribution in [0, 0.1) is 0 Å². The Morgan fingerprint density at radius 3 is 3.17 bits per heavy atom. The SMILES string of the molecule is ClCCc1cnc2ccccn12. The summed E-state index contributed by atoms with van der Waals surface area (Å²) in [5, 5.41) is 0. The molecule has 0 aliphatic rings. The van der Waals surface area contributed by atoms with Crippen molar-refractivity contribution in [3.8, 4) is 0 Å². The van der Waals surface area contributed by atoms with Gasteiger partial charge in [0.1, 0.15) is 5.65 Å². The van der Waals surface area contributed by atoms with Gasteiger partial charge in [0.15, 0.2) is 0 Å².